The van der Waals surface area contributed by atoms with Gasteiger partial charge in [-0.1, -0.05) is 12.1 Å². The topological polar surface area (TPSA) is 51.2 Å². The first-order chi connectivity index (χ1) is 15.9. The van der Waals surface area contributed by atoms with Crippen LogP contribution in [-0.4, -0.2) is 10.9 Å². The van der Waals surface area contributed by atoms with E-state index in [2.05, 4.69) is 10.3 Å². The molecule has 4 nitrogen and oxygen atoms in total. The lowest BCUT2D eigenvalue weighted by Crippen LogP contribution is -2.23. The molecule has 4 rings (SSSR count). The van der Waals surface area contributed by atoms with Crippen molar-refractivity contribution in [3.05, 3.63) is 106 Å². The van der Waals surface area contributed by atoms with Crippen LogP contribution in [0.1, 0.15) is 21.6 Å². The molecule has 0 fully saturated rings. The van der Waals surface area contributed by atoms with Crippen molar-refractivity contribution in [2.24, 2.45) is 0 Å². The number of hydrogen-bond acceptors (Lipinski definition) is 4. The second kappa shape index (κ2) is 9.83. The first-order valence-electron chi connectivity index (χ1n) is 9.73. The molecule has 0 unspecified atom stereocenters. The molecule has 9 heteroatoms. The van der Waals surface area contributed by atoms with Crippen molar-refractivity contribution in [3.8, 4) is 16.3 Å². The molecule has 168 valence electrons. The van der Waals surface area contributed by atoms with Crippen molar-refractivity contribution in [2.45, 2.75) is 13.2 Å². The molecule has 0 saturated carbocycles. The third kappa shape index (κ3) is 5.75. The molecular formula is C24H16F4N2O2S. The number of amides is 1. The van der Waals surface area contributed by atoms with Gasteiger partial charge < -0.3 is 10.1 Å². The predicted molar refractivity (Wildman–Crippen MR) is 116 cm³/mol. The van der Waals surface area contributed by atoms with Gasteiger partial charge >= 0.3 is 0 Å². The Morgan fingerprint density at radius 3 is 2.30 bits per heavy atom. The van der Waals surface area contributed by atoms with Gasteiger partial charge in [0, 0.05) is 29.6 Å². The summed E-state index contributed by atoms with van der Waals surface area (Å²) < 4.78 is 59.5. The number of thiazole rings is 1. The molecule has 0 atom stereocenters. The zero-order valence-corrected chi connectivity index (χ0v) is 17.8. The number of benzene rings is 3. The van der Waals surface area contributed by atoms with Gasteiger partial charge in [-0.15, -0.1) is 11.3 Å². The third-order valence-corrected chi connectivity index (χ3v) is 5.48. The summed E-state index contributed by atoms with van der Waals surface area (Å²) in [5, 5.41) is 4.49. The number of aromatic nitrogens is 1. The second-order valence-corrected chi connectivity index (χ2v) is 7.91. The lowest BCUT2D eigenvalue weighted by molar-refractivity contribution is 0.0946. The average molecular weight is 472 g/mol. The van der Waals surface area contributed by atoms with Crippen LogP contribution in [0.3, 0.4) is 0 Å². The average Bonchev–Trinajstić information content (AvgIpc) is 3.26. The molecular weight excluding hydrogens is 456 g/mol. The van der Waals surface area contributed by atoms with Crippen molar-refractivity contribution < 1.29 is 27.1 Å². The van der Waals surface area contributed by atoms with Crippen LogP contribution in [-0.2, 0) is 13.2 Å². The van der Waals surface area contributed by atoms with Gasteiger partial charge in [-0.25, -0.2) is 22.5 Å². The summed E-state index contributed by atoms with van der Waals surface area (Å²) in [6, 6.07) is 12.8. The summed E-state index contributed by atoms with van der Waals surface area (Å²) in [4.78, 5) is 16.5. The molecule has 1 amide bonds. The van der Waals surface area contributed by atoms with E-state index in [1.165, 1.54) is 29.6 Å². The molecule has 0 aliphatic heterocycles. The highest BCUT2D eigenvalue weighted by Gasteiger charge is 2.15. The van der Waals surface area contributed by atoms with E-state index < -0.39 is 23.4 Å². The van der Waals surface area contributed by atoms with Crippen LogP contribution < -0.4 is 10.1 Å². The normalized spacial score (nSPS) is 10.8. The van der Waals surface area contributed by atoms with Gasteiger partial charge in [-0.05, 0) is 47.5 Å². The maximum atomic E-state index is 14.6. The predicted octanol–water partition coefficient (Wildman–Crippen LogP) is 5.88. The highest BCUT2D eigenvalue weighted by Crippen LogP contribution is 2.29. The lowest BCUT2D eigenvalue weighted by atomic mass is 10.2. The van der Waals surface area contributed by atoms with Crippen LogP contribution in [0.2, 0.25) is 0 Å². The molecule has 0 spiro atoms. The van der Waals surface area contributed by atoms with E-state index in [-0.39, 0.29) is 41.5 Å². The Labute approximate surface area is 190 Å². The van der Waals surface area contributed by atoms with Crippen molar-refractivity contribution in [2.75, 3.05) is 0 Å². The minimum absolute atomic E-state index is 0.130. The summed E-state index contributed by atoms with van der Waals surface area (Å²) in [7, 11) is 0. The first-order valence-corrected chi connectivity index (χ1v) is 10.6. The minimum atomic E-state index is -0.726. The van der Waals surface area contributed by atoms with E-state index in [0.717, 1.165) is 41.2 Å². The van der Waals surface area contributed by atoms with E-state index in [0.29, 0.717) is 5.01 Å². The van der Waals surface area contributed by atoms with Gasteiger partial charge in [0.25, 0.3) is 5.91 Å². The minimum Gasteiger partial charge on any atom is -0.489 e. The fraction of sp³-hybridized carbons (Fsp3) is 0.0833. The molecule has 0 bridgehead atoms. The van der Waals surface area contributed by atoms with E-state index in [1.807, 2.05) is 0 Å². The monoisotopic (exact) mass is 472 g/mol. The molecule has 0 saturated heterocycles. The Hall–Kier alpha value is -3.72. The van der Waals surface area contributed by atoms with Crippen molar-refractivity contribution >= 4 is 17.2 Å². The Kier molecular flexibility index (Phi) is 6.69. The van der Waals surface area contributed by atoms with E-state index in [1.54, 1.807) is 12.1 Å². The molecule has 1 aromatic heterocycles. The van der Waals surface area contributed by atoms with Gasteiger partial charge in [-0.2, -0.15) is 0 Å². The van der Waals surface area contributed by atoms with Gasteiger partial charge in [0.2, 0.25) is 0 Å². The maximum Gasteiger partial charge on any atom is 0.271 e. The van der Waals surface area contributed by atoms with Gasteiger partial charge in [0.15, 0.2) is 0 Å². The molecule has 1 N–H and O–H groups in total. The van der Waals surface area contributed by atoms with E-state index in [4.69, 9.17) is 4.74 Å². The number of carbonyl (C=O) groups is 1. The smallest absolute Gasteiger partial charge is 0.271 e. The van der Waals surface area contributed by atoms with Crippen LogP contribution in [0.15, 0.2) is 66.0 Å². The second-order valence-electron chi connectivity index (χ2n) is 7.06. The molecule has 0 aliphatic carbocycles. The number of hydrogen-bond donors (Lipinski definition) is 1. The van der Waals surface area contributed by atoms with Crippen molar-refractivity contribution in [1.29, 1.82) is 0 Å². The molecule has 0 aliphatic rings. The number of nitrogens with zero attached hydrogens (tertiary/aromatic N) is 1. The van der Waals surface area contributed by atoms with Gasteiger partial charge in [0.05, 0.1) is 0 Å². The van der Waals surface area contributed by atoms with Crippen LogP contribution in [0, 0.1) is 23.3 Å². The highest BCUT2D eigenvalue weighted by atomic mass is 32.1. The Balaban J connectivity index is 1.40. The zero-order valence-electron chi connectivity index (χ0n) is 16.9. The van der Waals surface area contributed by atoms with Crippen molar-refractivity contribution in [1.82, 2.24) is 10.3 Å². The van der Waals surface area contributed by atoms with E-state index >= 15 is 0 Å². The highest BCUT2D eigenvalue weighted by molar-refractivity contribution is 7.13. The Morgan fingerprint density at radius 1 is 0.879 bits per heavy atom. The van der Waals surface area contributed by atoms with E-state index in [9.17, 15) is 22.4 Å². The van der Waals surface area contributed by atoms with Crippen LogP contribution >= 0.6 is 11.3 Å². The van der Waals surface area contributed by atoms with Gasteiger partial charge in [0.1, 0.15) is 46.3 Å². The fourth-order valence-electron chi connectivity index (χ4n) is 3.00. The third-order valence-electron chi connectivity index (χ3n) is 4.60. The molecule has 1 heterocycles. The summed E-state index contributed by atoms with van der Waals surface area (Å²) in [6.45, 7) is 0.0602. The summed E-state index contributed by atoms with van der Waals surface area (Å²) in [6.07, 6.45) is 0. The Bertz CT molecular complexity index is 1270. The molecule has 4 aromatic rings. The molecule has 0 radical (unpaired) electrons. The zero-order chi connectivity index (χ0) is 23.4. The largest absolute Gasteiger partial charge is 0.489 e. The lowest BCUT2D eigenvalue weighted by Gasteiger charge is -2.08. The maximum absolute atomic E-state index is 14.6. The molecule has 33 heavy (non-hydrogen) atoms. The van der Waals surface area contributed by atoms with Crippen LogP contribution in [0.25, 0.3) is 10.6 Å². The quantitative estimate of drug-likeness (QED) is 0.342. The van der Waals surface area contributed by atoms with Gasteiger partial charge in [-0.3, -0.25) is 4.79 Å². The molecule has 3 aromatic carbocycles. The van der Waals surface area contributed by atoms with Crippen LogP contribution in [0.5, 0.6) is 5.75 Å². The standard InChI is InChI=1S/C24H16F4N2O2S/c25-16-3-1-14(2-4-16)11-29-23(31)22-13-33-24(30-22)20-6-5-19(10-21(20)28)32-12-15-7-17(26)9-18(27)8-15/h1-10,13H,11-12H2,(H,29,31). The number of ether oxygens (including phenoxy) is 1. The Morgan fingerprint density at radius 2 is 1.61 bits per heavy atom. The van der Waals surface area contributed by atoms with Crippen molar-refractivity contribution in [3.63, 3.8) is 0 Å². The number of nitrogens with one attached hydrogen (secondary N) is 1. The number of rotatable bonds is 7. The summed E-state index contributed by atoms with van der Waals surface area (Å²) in [5.74, 6) is -2.70. The fourth-order valence-corrected chi connectivity index (χ4v) is 3.82. The number of halogens is 4. The SMILES string of the molecule is O=C(NCc1ccc(F)cc1)c1csc(-c2ccc(OCc3cc(F)cc(F)c3)cc2F)n1. The van der Waals surface area contributed by atoms with Crippen LogP contribution in [0.4, 0.5) is 17.6 Å². The summed E-state index contributed by atoms with van der Waals surface area (Å²) in [5.41, 5.74) is 1.31. The number of carbonyl (C=O) groups excluding carboxylic acids is 1. The first kappa shape index (κ1) is 22.5. The summed E-state index contributed by atoms with van der Waals surface area (Å²) >= 11 is 1.10.